The molecule has 2 unspecified atom stereocenters. The van der Waals surface area contributed by atoms with Crippen LogP contribution in [0, 0.1) is 11.3 Å². The molecule has 0 aromatic carbocycles. The molecule has 13 heavy (non-hydrogen) atoms. The Bertz CT molecular complexity index is 203. The molecule has 1 aliphatic rings. The smallest absolute Gasteiger partial charge is 0.00387 e. The van der Waals surface area contributed by atoms with Crippen molar-refractivity contribution in [2.24, 2.45) is 11.3 Å². The molecular weight excluding hydrogens is 158 g/mol. The van der Waals surface area contributed by atoms with Gasteiger partial charge in [-0.3, -0.25) is 0 Å². The molecule has 1 N–H and O–H groups in total. The van der Waals surface area contributed by atoms with Crippen LogP contribution in [-0.2, 0) is 0 Å². The summed E-state index contributed by atoms with van der Waals surface area (Å²) in [7, 11) is 2.05. The average Bonchev–Trinajstić information content (AvgIpc) is 2.31. The molecule has 0 saturated carbocycles. The van der Waals surface area contributed by atoms with E-state index in [1.807, 2.05) is 7.05 Å². The molecule has 0 spiro atoms. The average molecular weight is 181 g/mol. The van der Waals surface area contributed by atoms with Crippen molar-refractivity contribution in [1.82, 2.24) is 5.32 Å². The molecule has 0 radical (unpaired) electrons. The van der Waals surface area contributed by atoms with Crippen molar-refractivity contribution in [3.05, 3.63) is 11.6 Å². The molecule has 0 heterocycles. The molecule has 1 heteroatoms. The molecule has 1 nitrogen and oxygen atoms in total. The van der Waals surface area contributed by atoms with Gasteiger partial charge in [0.1, 0.15) is 0 Å². The fourth-order valence-electron chi connectivity index (χ4n) is 2.13. The van der Waals surface area contributed by atoms with Gasteiger partial charge in [0.25, 0.3) is 0 Å². The van der Waals surface area contributed by atoms with Crippen LogP contribution in [0.1, 0.15) is 40.5 Å². The third kappa shape index (κ3) is 2.14. The minimum Gasteiger partial charge on any atom is -0.317 e. The number of nitrogens with one attached hydrogen (secondary N) is 1. The molecular formula is C12H23N. The summed E-state index contributed by atoms with van der Waals surface area (Å²) in [6.07, 6.45) is 4.97. The highest BCUT2D eigenvalue weighted by atomic mass is 14.9. The van der Waals surface area contributed by atoms with E-state index in [0.29, 0.717) is 11.5 Å². The van der Waals surface area contributed by atoms with Gasteiger partial charge in [0.2, 0.25) is 0 Å². The summed E-state index contributed by atoms with van der Waals surface area (Å²) in [5, 5.41) is 3.32. The Labute approximate surface area is 82.6 Å². The van der Waals surface area contributed by atoms with E-state index in [2.05, 4.69) is 39.1 Å². The van der Waals surface area contributed by atoms with E-state index in [4.69, 9.17) is 0 Å². The highest BCUT2D eigenvalue weighted by Gasteiger charge is 2.35. The largest absolute Gasteiger partial charge is 0.317 e. The van der Waals surface area contributed by atoms with Crippen LogP contribution in [0.3, 0.4) is 0 Å². The first-order chi connectivity index (χ1) is 5.98. The number of hydrogen-bond acceptors (Lipinski definition) is 1. The Morgan fingerprint density at radius 2 is 2.23 bits per heavy atom. The predicted molar refractivity (Wildman–Crippen MR) is 58.8 cm³/mol. The first-order valence-corrected chi connectivity index (χ1v) is 5.33. The van der Waals surface area contributed by atoms with E-state index >= 15 is 0 Å². The lowest BCUT2D eigenvalue weighted by Crippen LogP contribution is -2.29. The van der Waals surface area contributed by atoms with Gasteiger partial charge in [-0.05, 0) is 45.1 Å². The van der Waals surface area contributed by atoms with Crippen LogP contribution in [0.25, 0.3) is 0 Å². The molecule has 0 amide bonds. The molecule has 0 bridgehead atoms. The zero-order valence-corrected chi connectivity index (χ0v) is 9.65. The Morgan fingerprint density at radius 3 is 2.62 bits per heavy atom. The topological polar surface area (TPSA) is 12.0 Å². The van der Waals surface area contributed by atoms with Gasteiger partial charge in [-0.2, -0.15) is 0 Å². The number of rotatable bonds is 3. The quantitative estimate of drug-likeness (QED) is 0.660. The zero-order valence-electron chi connectivity index (χ0n) is 9.65. The van der Waals surface area contributed by atoms with Crippen molar-refractivity contribution >= 4 is 0 Å². The van der Waals surface area contributed by atoms with Gasteiger partial charge in [0.15, 0.2) is 0 Å². The van der Waals surface area contributed by atoms with Crippen LogP contribution in [0.4, 0.5) is 0 Å². The zero-order chi connectivity index (χ0) is 10.1. The van der Waals surface area contributed by atoms with E-state index in [1.165, 1.54) is 12.8 Å². The Hall–Kier alpha value is -0.300. The van der Waals surface area contributed by atoms with E-state index in [9.17, 15) is 0 Å². The molecule has 76 valence electrons. The van der Waals surface area contributed by atoms with Crippen LogP contribution in [0.2, 0.25) is 0 Å². The maximum atomic E-state index is 3.32. The van der Waals surface area contributed by atoms with Crippen molar-refractivity contribution in [2.75, 3.05) is 7.05 Å². The summed E-state index contributed by atoms with van der Waals surface area (Å²) >= 11 is 0. The molecule has 0 aromatic heterocycles. The van der Waals surface area contributed by atoms with E-state index < -0.39 is 0 Å². The molecule has 2 atom stereocenters. The highest BCUT2D eigenvalue weighted by molar-refractivity contribution is 5.18. The van der Waals surface area contributed by atoms with Crippen LogP contribution < -0.4 is 5.32 Å². The van der Waals surface area contributed by atoms with Gasteiger partial charge in [0, 0.05) is 6.04 Å². The van der Waals surface area contributed by atoms with Gasteiger partial charge < -0.3 is 5.32 Å². The standard InChI is InChI=1S/C12H23N/c1-9-6-7-11(12(9,3)4)8-10(2)13-5/h6,10-11,13H,7-8H2,1-5H3. The first kappa shape index (κ1) is 10.8. The van der Waals surface area contributed by atoms with Crippen LogP contribution >= 0.6 is 0 Å². The van der Waals surface area contributed by atoms with Crippen molar-refractivity contribution in [2.45, 2.75) is 46.6 Å². The summed E-state index contributed by atoms with van der Waals surface area (Å²) in [6, 6.07) is 0.642. The molecule has 0 saturated heterocycles. The summed E-state index contributed by atoms with van der Waals surface area (Å²) in [6.45, 7) is 9.28. The van der Waals surface area contributed by atoms with Crippen LogP contribution in [0.5, 0.6) is 0 Å². The third-order valence-electron chi connectivity index (χ3n) is 3.88. The van der Waals surface area contributed by atoms with Crippen molar-refractivity contribution in [3.8, 4) is 0 Å². The summed E-state index contributed by atoms with van der Waals surface area (Å²) < 4.78 is 0. The van der Waals surface area contributed by atoms with Crippen molar-refractivity contribution in [1.29, 1.82) is 0 Å². The van der Waals surface area contributed by atoms with Crippen LogP contribution in [-0.4, -0.2) is 13.1 Å². The van der Waals surface area contributed by atoms with E-state index in [0.717, 1.165) is 5.92 Å². The second-order valence-electron chi connectivity index (χ2n) is 4.97. The van der Waals surface area contributed by atoms with Crippen LogP contribution in [0.15, 0.2) is 11.6 Å². The van der Waals surface area contributed by atoms with Crippen molar-refractivity contribution in [3.63, 3.8) is 0 Å². The maximum absolute atomic E-state index is 3.32. The maximum Gasteiger partial charge on any atom is 0.00387 e. The van der Waals surface area contributed by atoms with Gasteiger partial charge in [-0.1, -0.05) is 25.5 Å². The van der Waals surface area contributed by atoms with Gasteiger partial charge in [-0.25, -0.2) is 0 Å². The monoisotopic (exact) mass is 181 g/mol. The Balaban J connectivity index is 2.56. The van der Waals surface area contributed by atoms with Gasteiger partial charge in [-0.15, -0.1) is 0 Å². The van der Waals surface area contributed by atoms with Gasteiger partial charge in [0.05, 0.1) is 0 Å². The minimum atomic E-state index is 0.422. The van der Waals surface area contributed by atoms with Crippen molar-refractivity contribution < 1.29 is 0 Å². The first-order valence-electron chi connectivity index (χ1n) is 5.33. The van der Waals surface area contributed by atoms with E-state index in [-0.39, 0.29) is 0 Å². The summed E-state index contributed by atoms with van der Waals surface area (Å²) in [5.41, 5.74) is 1.99. The summed E-state index contributed by atoms with van der Waals surface area (Å²) in [4.78, 5) is 0. The SMILES string of the molecule is CNC(C)CC1CC=C(C)C1(C)C. The summed E-state index contributed by atoms with van der Waals surface area (Å²) in [5.74, 6) is 0.829. The Kier molecular flexibility index (Phi) is 3.18. The molecule has 1 rings (SSSR count). The molecule has 1 aliphatic carbocycles. The lowest BCUT2D eigenvalue weighted by molar-refractivity contribution is 0.254. The molecule has 0 aromatic rings. The van der Waals surface area contributed by atoms with E-state index in [1.54, 1.807) is 5.57 Å². The molecule has 0 fully saturated rings. The Morgan fingerprint density at radius 1 is 1.62 bits per heavy atom. The predicted octanol–water partition coefficient (Wildman–Crippen LogP) is 2.98. The van der Waals surface area contributed by atoms with Gasteiger partial charge >= 0.3 is 0 Å². The third-order valence-corrected chi connectivity index (χ3v) is 3.88. The highest BCUT2D eigenvalue weighted by Crippen LogP contribution is 2.44. The molecule has 0 aliphatic heterocycles. The lowest BCUT2D eigenvalue weighted by Gasteiger charge is -2.31. The second kappa shape index (κ2) is 3.83. The fourth-order valence-corrected chi connectivity index (χ4v) is 2.13. The number of allylic oxidation sites excluding steroid dienone is 2. The second-order valence-corrected chi connectivity index (χ2v) is 4.97. The minimum absolute atomic E-state index is 0.422. The lowest BCUT2D eigenvalue weighted by atomic mass is 9.75. The fraction of sp³-hybridized carbons (Fsp3) is 0.833. The number of hydrogen-bond donors (Lipinski definition) is 1. The normalized spacial score (nSPS) is 28.7.